The molecular formula is C28H32F3N5O3. The van der Waals surface area contributed by atoms with E-state index in [1.54, 1.807) is 11.8 Å². The molecule has 4 N–H and O–H groups in total. The second-order valence-electron chi connectivity index (χ2n) is 9.78. The van der Waals surface area contributed by atoms with E-state index in [1.807, 2.05) is 48.5 Å². The third-order valence-electron chi connectivity index (χ3n) is 7.06. The molecule has 2 aliphatic heterocycles. The lowest BCUT2D eigenvalue weighted by atomic mass is 9.83. The number of para-hydroxylation sites is 1. The van der Waals surface area contributed by atoms with E-state index >= 15 is 0 Å². The Hall–Kier alpha value is -3.89. The molecular weight excluding hydrogens is 511 g/mol. The van der Waals surface area contributed by atoms with Gasteiger partial charge < -0.3 is 21.3 Å². The van der Waals surface area contributed by atoms with E-state index in [9.17, 15) is 27.6 Å². The summed E-state index contributed by atoms with van der Waals surface area (Å²) in [6, 6.07) is 14.8. The summed E-state index contributed by atoms with van der Waals surface area (Å²) in [7, 11) is 0. The van der Waals surface area contributed by atoms with Crippen molar-refractivity contribution in [3.8, 4) is 0 Å². The molecule has 0 aliphatic carbocycles. The molecule has 11 heteroatoms. The molecule has 2 aromatic carbocycles. The zero-order valence-corrected chi connectivity index (χ0v) is 21.6. The molecule has 2 heterocycles. The van der Waals surface area contributed by atoms with Crippen LogP contribution in [0.2, 0.25) is 0 Å². The number of anilines is 2. The van der Waals surface area contributed by atoms with Gasteiger partial charge in [0.25, 0.3) is 5.91 Å². The maximum Gasteiger partial charge on any atom is 0.389 e. The number of nitrogens with one attached hydrogen (secondary N) is 2. The minimum Gasteiger partial charge on any atom is -0.382 e. The smallest absolute Gasteiger partial charge is 0.382 e. The molecule has 39 heavy (non-hydrogen) atoms. The van der Waals surface area contributed by atoms with Crippen molar-refractivity contribution in [3.05, 3.63) is 59.7 Å². The fourth-order valence-corrected chi connectivity index (χ4v) is 5.26. The lowest BCUT2D eigenvalue weighted by molar-refractivity contribution is -0.140. The zero-order chi connectivity index (χ0) is 28.2. The highest BCUT2D eigenvalue weighted by Gasteiger charge is 2.39. The van der Waals surface area contributed by atoms with Crippen LogP contribution in [0.3, 0.4) is 0 Å². The summed E-state index contributed by atoms with van der Waals surface area (Å²) in [6.07, 6.45) is -6.63. The number of hydrogen-bond donors (Lipinski definition) is 3. The van der Waals surface area contributed by atoms with E-state index in [1.165, 1.54) is 0 Å². The molecule has 0 saturated heterocycles. The van der Waals surface area contributed by atoms with Crippen LogP contribution >= 0.6 is 0 Å². The first kappa shape index (κ1) is 28.1. The second kappa shape index (κ2) is 11.9. The second-order valence-corrected chi connectivity index (χ2v) is 9.78. The summed E-state index contributed by atoms with van der Waals surface area (Å²) in [4.78, 5) is 45.9. The van der Waals surface area contributed by atoms with Gasteiger partial charge in [0.15, 0.2) is 0 Å². The van der Waals surface area contributed by atoms with Crippen molar-refractivity contribution < 1.29 is 27.6 Å². The zero-order valence-electron chi connectivity index (χ0n) is 21.6. The number of carbonyl (C=O) groups is 3. The summed E-state index contributed by atoms with van der Waals surface area (Å²) >= 11 is 0. The number of nitrogens with two attached hydrogens (primary N) is 1. The van der Waals surface area contributed by atoms with Gasteiger partial charge in [0.05, 0.1) is 17.1 Å². The van der Waals surface area contributed by atoms with Crippen LogP contribution in [0.4, 0.5) is 24.5 Å². The van der Waals surface area contributed by atoms with Crippen molar-refractivity contribution >= 4 is 34.8 Å². The number of halogens is 3. The van der Waals surface area contributed by atoms with Crippen molar-refractivity contribution in [1.82, 2.24) is 5.32 Å². The third kappa shape index (κ3) is 6.40. The van der Waals surface area contributed by atoms with Crippen molar-refractivity contribution in [2.24, 2.45) is 22.6 Å². The van der Waals surface area contributed by atoms with Crippen molar-refractivity contribution in [2.45, 2.75) is 51.4 Å². The average molecular weight is 544 g/mol. The number of benzene rings is 2. The molecule has 0 aromatic heterocycles. The van der Waals surface area contributed by atoms with Crippen molar-refractivity contribution in [2.75, 3.05) is 23.3 Å². The Kier molecular flexibility index (Phi) is 8.57. The Morgan fingerprint density at radius 2 is 1.87 bits per heavy atom. The molecule has 0 saturated carbocycles. The Bertz CT molecular complexity index is 1250. The van der Waals surface area contributed by atoms with Gasteiger partial charge in [-0.1, -0.05) is 55.8 Å². The number of rotatable bonds is 10. The van der Waals surface area contributed by atoms with Gasteiger partial charge in [-0.15, -0.1) is 0 Å². The summed E-state index contributed by atoms with van der Waals surface area (Å²) in [6.45, 7) is 2.62. The molecule has 3 amide bonds. The number of nitrogens with zero attached hydrogens (tertiary/aromatic N) is 2. The van der Waals surface area contributed by atoms with E-state index in [4.69, 9.17) is 10.7 Å². The first-order chi connectivity index (χ1) is 18.6. The molecule has 2 aliphatic rings. The van der Waals surface area contributed by atoms with E-state index < -0.39 is 48.3 Å². The monoisotopic (exact) mass is 543 g/mol. The maximum absolute atomic E-state index is 13.8. The van der Waals surface area contributed by atoms with Gasteiger partial charge in [-0.2, -0.15) is 13.2 Å². The third-order valence-corrected chi connectivity index (χ3v) is 7.06. The lowest BCUT2D eigenvalue weighted by Crippen LogP contribution is -2.52. The Labute approximate surface area is 224 Å². The minimum atomic E-state index is -4.40. The molecule has 8 nitrogen and oxygen atoms in total. The number of aliphatic imine (C=N–C) groups is 1. The largest absolute Gasteiger partial charge is 0.389 e. The number of alkyl halides is 3. The summed E-state index contributed by atoms with van der Waals surface area (Å²) in [5, 5.41) is 5.96. The average Bonchev–Trinajstić information content (AvgIpc) is 3.02. The Balaban J connectivity index is 1.71. The van der Waals surface area contributed by atoms with Crippen LogP contribution in [-0.2, 0) is 14.4 Å². The molecule has 0 unspecified atom stereocenters. The summed E-state index contributed by atoms with van der Waals surface area (Å²) in [5.74, 6) is -4.04. The first-order valence-corrected chi connectivity index (χ1v) is 13.1. The number of carbonyl (C=O) groups excluding carboxylic acids is 3. The highest BCUT2D eigenvalue weighted by molar-refractivity contribution is 6.22. The van der Waals surface area contributed by atoms with Gasteiger partial charge >= 0.3 is 6.18 Å². The fourth-order valence-electron chi connectivity index (χ4n) is 5.26. The highest BCUT2D eigenvalue weighted by Crippen LogP contribution is 2.37. The van der Waals surface area contributed by atoms with Gasteiger partial charge in [-0.05, 0) is 25.3 Å². The predicted octanol–water partition coefficient (Wildman–Crippen LogP) is 3.99. The molecule has 4 rings (SSSR count). The van der Waals surface area contributed by atoms with Gasteiger partial charge in [0.1, 0.15) is 0 Å². The van der Waals surface area contributed by atoms with Crippen LogP contribution in [0.25, 0.3) is 0 Å². The molecule has 0 radical (unpaired) electrons. The van der Waals surface area contributed by atoms with Gasteiger partial charge in [0.2, 0.25) is 18.0 Å². The first-order valence-electron chi connectivity index (χ1n) is 13.1. The van der Waals surface area contributed by atoms with Crippen LogP contribution < -0.4 is 21.3 Å². The van der Waals surface area contributed by atoms with E-state index in [-0.39, 0.29) is 19.3 Å². The topological polar surface area (TPSA) is 117 Å². The molecule has 0 bridgehead atoms. The quantitative estimate of drug-likeness (QED) is 0.420. The number of hydrogen-bond acceptors (Lipinski definition) is 5. The standard InChI is InChI=1S/C28H32F3N5O3/c1-2-8-18(24(32)37)19(12-7-14-28(29,30)31)26(38)35-25-27(39)36-16-15-33-21-13-6-11-20(23(21)36)22(34-25)17-9-4-3-5-10-17/h3-6,9-11,13,18-19,25,33H,2,7-8,12,14-16H2,1H3,(H2,32,37)(H,35,38)/t18-,19+,25+/m0/s1. The van der Waals surface area contributed by atoms with Crippen LogP contribution in [-0.4, -0.2) is 48.9 Å². The van der Waals surface area contributed by atoms with E-state index in [0.717, 1.165) is 11.3 Å². The van der Waals surface area contributed by atoms with Crippen LogP contribution in [0.15, 0.2) is 53.5 Å². The number of primary amides is 1. The van der Waals surface area contributed by atoms with E-state index in [2.05, 4.69) is 10.6 Å². The van der Waals surface area contributed by atoms with Crippen LogP contribution in [0.1, 0.15) is 50.2 Å². The van der Waals surface area contributed by atoms with Crippen molar-refractivity contribution in [3.63, 3.8) is 0 Å². The summed E-state index contributed by atoms with van der Waals surface area (Å²) < 4.78 is 38.6. The normalized spacial score (nSPS) is 18.3. The van der Waals surface area contributed by atoms with E-state index in [0.29, 0.717) is 36.5 Å². The molecule has 0 spiro atoms. The SMILES string of the molecule is CCC[C@H](C(N)=O)[C@@H](CCCC(F)(F)F)C(=O)N[C@H]1N=C(c2ccccc2)c2cccc3c2N(CCN3)C1=O. The van der Waals surface area contributed by atoms with Crippen LogP contribution in [0, 0.1) is 11.8 Å². The van der Waals surface area contributed by atoms with Gasteiger partial charge in [-0.3, -0.25) is 14.4 Å². The van der Waals surface area contributed by atoms with Gasteiger partial charge in [0, 0.05) is 42.5 Å². The predicted molar refractivity (Wildman–Crippen MR) is 142 cm³/mol. The molecule has 2 aromatic rings. The summed E-state index contributed by atoms with van der Waals surface area (Å²) in [5.41, 5.74) is 8.91. The number of amides is 3. The minimum absolute atomic E-state index is 0.201. The fraction of sp³-hybridized carbons (Fsp3) is 0.429. The highest BCUT2D eigenvalue weighted by atomic mass is 19.4. The van der Waals surface area contributed by atoms with Crippen LogP contribution in [0.5, 0.6) is 0 Å². The Morgan fingerprint density at radius 3 is 2.54 bits per heavy atom. The van der Waals surface area contributed by atoms with Gasteiger partial charge in [-0.25, -0.2) is 4.99 Å². The molecule has 3 atom stereocenters. The molecule has 0 fully saturated rings. The molecule has 208 valence electrons. The lowest BCUT2D eigenvalue weighted by Gasteiger charge is -2.32. The maximum atomic E-state index is 13.8. The Morgan fingerprint density at radius 1 is 1.13 bits per heavy atom. The van der Waals surface area contributed by atoms with Crippen molar-refractivity contribution in [1.29, 1.82) is 0 Å².